The van der Waals surface area contributed by atoms with Crippen LogP contribution in [-0.4, -0.2) is 38.1 Å². The minimum Gasteiger partial charge on any atom is -0.388 e. The second-order valence-corrected chi connectivity index (χ2v) is 7.40. The van der Waals surface area contributed by atoms with Gasteiger partial charge < -0.3 is 21.5 Å². The average Bonchev–Trinajstić information content (AvgIpc) is 3.21. The lowest BCUT2D eigenvalue weighted by Crippen LogP contribution is -2.21. The Morgan fingerprint density at radius 3 is 2.42 bits per heavy atom. The average molecular weight is 506 g/mol. The number of carbonyl (C=O) groups is 2. The summed E-state index contributed by atoms with van der Waals surface area (Å²) >= 11 is 0. The lowest BCUT2D eigenvalue weighted by Gasteiger charge is -2.13. The number of aliphatic hydroxyl groups is 1. The van der Waals surface area contributed by atoms with Gasteiger partial charge in [-0.1, -0.05) is 6.07 Å². The Morgan fingerprint density at radius 2 is 1.75 bits per heavy atom. The number of benzene rings is 2. The molecular weight excluding hydrogens is 491 g/mol. The number of amides is 2. The third-order valence-electron chi connectivity index (χ3n) is 5.09. The fourth-order valence-electron chi connectivity index (χ4n) is 3.47. The van der Waals surface area contributed by atoms with Crippen molar-refractivity contribution in [3.63, 3.8) is 0 Å². The SMILES string of the molecule is Nc1ncnn2cc(C(=O)CO)c(-c3ccc(NC(=O)Nc4cc(C(F)(F)F)ccc4F)c(F)c3)c12. The van der Waals surface area contributed by atoms with Crippen molar-refractivity contribution >= 4 is 34.5 Å². The molecule has 36 heavy (non-hydrogen) atoms. The van der Waals surface area contributed by atoms with Crippen LogP contribution >= 0.6 is 0 Å². The van der Waals surface area contributed by atoms with Gasteiger partial charge in [-0.05, 0) is 35.9 Å². The number of nitrogen functional groups attached to an aromatic ring is 1. The highest BCUT2D eigenvalue weighted by atomic mass is 19.4. The van der Waals surface area contributed by atoms with Crippen LogP contribution in [0.5, 0.6) is 0 Å². The van der Waals surface area contributed by atoms with Crippen molar-refractivity contribution in [3.05, 3.63) is 71.7 Å². The van der Waals surface area contributed by atoms with Crippen molar-refractivity contribution in [1.82, 2.24) is 14.6 Å². The van der Waals surface area contributed by atoms with E-state index in [9.17, 15) is 36.6 Å². The van der Waals surface area contributed by atoms with Crippen molar-refractivity contribution < 1.29 is 36.6 Å². The first-order valence-corrected chi connectivity index (χ1v) is 10.00. The van der Waals surface area contributed by atoms with Gasteiger partial charge in [0.1, 0.15) is 30.1 Å². The zero-order valence-corrected chi connectivity index (χ0v) is 17.9. The molecule has 9 nitrogen and oxygen atoms in total. The van der Waals surface area contributed by atoms with Crippen molar-refractivity contribution in [2.75, 3.05) is 23.0 Å². The molecule has 186 valence electrons. The highest BCUT2D eigenvalue weighted by molar-refractivity contribution is 6.08. The number of Topliss-reactive ketones (excluding diaryl/α,β-unsaturated/α-hetero) is 1. The third-order valence-corrected chi connectivity index (χ3v) is 5.09. The molecule has 0 fully saturated rings. The summed E-state index contributed by atoms with van der Waals surface area (Å²) in [6.45, 7) is -0.842. The van der Waals surface area contributed by atoms with E-state index in [1.54, 1.807) is 0 Å². The number of anilines is 3. The van der Waals surface area contributed by atoms with Crippen LogP contribution in [0, 0.1) is 11.6 Å². The number of nitrogens with two attached hydrogens (primary N) is 1. The molecule has 0 saturated heterocycles. The molecule has 0 saturated carbocycles. The monoisotopic (exact) mass is 506 g/mol. The second kappa shape index (κ2) is 9.22. The van der Waals surface area contributed by atoms with Crippen molar-refractivity contribution in [2.45, 2.75) is 6.18 Å². The molecule has 4 rings (SSSR count). The number of nitrogens with one attached hydrogen (secondary N) is 2. The topological polar surface area (TPSA) is 135 Å². The summed E-state index contributed by atoms with van der Waals surface area (Å²) in [7, 11) is 0. The number of aliphatic hydroxyl groups excluding tert-OH is 1. The molecule has 2 amide bonds. The van der Waals surface area contributed by atoms with Crippen LogP contribution in [0.3, 0.4) is 0 Å². The molecule has 0 aliphatic carbocycles. The standard InChI is InChI=1S/C22H15F5N6O3/c23-13-3-2-11(22(25,26)27)6-16(13)32-21(36)31-15-4-1-10(5-14(15)24)18-12(17(35)8-34)7-33-19(18)20(28)29-9-30-33/h1-7,9,34H,8H2,(H2,28,29,30)(H2,31,32,36). The van der Waals surface area contributed by atoms with E-state index in [0.717, 1.165) is 18.5 Å². The van der Waals surface area contributed by atoms with Gasteiger partial charge in [-0.25, -0.2) is 23.1 Å². The molecule has 0 aliphatic heterocycles. The smallest absolute Gasteiger partial charge is 0.388 e. The van der Waals surface area contributed by atoms with E-state index in [4.69, 9.17) is 5.73 Å². The van der Waals surface area contributed by atoms with Crippen LogP contribution in [-0.2, 0) is 6.18 Å². The number of aromatic nitrogens is 3. The van der Waals surface area contributed by atoms with Gasteiger partial charge in [-0.3, -0.25) is 4.79 Å². The summed E-state index contributed by atoms with van der Waals surface area (Å²) in [6, 6.07) is 3.63. The Morgan fingerprint density at radius 1 is 1.03 bits per heavy atom. The molecule has 4 aromatic rings. The summed E-state index contributed by atoms with van der Waals surface area (Å²) in [4.78, 5) is 28.3. The van der Waals surface area contributed by atoms with Crippen molar-refractivity contribution in [3.8, 4) is 11.1 Å². The van der Waals surface area contributed by atoms with E-state index in [-0.39, 0.29) is 28.0 Å². The first-order valence-electron chi connectivity index (χ1n) is 10.00. The zero-order chi connectivity index (χ0) is 26.2. The highest BCUT2D eigenvalue weighted by Crippen LogP contribution is 2.35. The molecule has 2 aromatic carbocycles. The number of alkyl halides is 3. The minimum absolute atomic E-state index is 0.0115. The fourth-order valence-corrected chi connectivity index (χ4v) is 3.47. The molecule has 0 radical (unpaired) electrons. The first-order chi connectivity index (χ1) is 17.0. The Kier molecular flexibility index (Phi) is 6.28. The van der Waals surface area contributed by atoms with Crippen molar-refractivity contribution in [1.29, 1.82) is 0 Å². The van der Waals surface area contributed by atoms with Gasteiger partial charge in [0.05, 0.1) is 16.9 Å². The lowest BCUT2D eigenvalue weighted by atomic mass is 9.99. The summed E-state index contributed by atoms with van der Waals surface area (Å²) in [5, 5.41) is 17.2. The highest BCUT2D eigenvalue weighted by Gasteiger charge is 2.31. The summed E-state index contributed by atoms with van der Waals surface area (Å²) in [5.74, 6) is -2.85. The Balaban J connectivity index is 1.64. The molecule has 0 bridgehead atoms. The Bertz CT molecular complexity index is 1500. The maximum absolute atomic E-state index is 14.9. The van der Waals surface area contributed by atoms with Gasteiger partial charge >= 0.3 is 12.2 Å². The molecule has 5 N–H and O–H groups in total. The summed E-state index contributed by atoms with van der Waals surface area (Å²) in [6.07, 6.45) is -2.34. The molecule has 2 aromatic heterocycles. The largest absolute Gasteiger partial charge is 0.416 e. The van der Waals surface area contributed by atoms with Crippen LogP contribution in [0.15, 0.2) is 48.9 Å². The van der Waals surface area contributed by atoms with E-state index in [1.807, 2.05) is 5.32 Å². The van der Waals surface area contributed by atoms with E-state index in [2.05, 4.69) is 15.4 Å². The Hall–Kier alpha value is -4.59. The van der Waals surface area contributed by atoms with Gasteiger partial charge in [-0.15, -0.1) is 0 Å². The maximum atomic E-state index is 14.9. The molecule has 2 heterocycles. The quantitative estimate of drug-likeness (QED) is 0.238. The number of urea groups is 1. The number of rotatable bonds is 5. The molecule has 14 heteroatoms. The van der Waals surface area contributed by atoms with Gasteiger partial charge in [0.25, 0.3) is 0 Å². The van der Waals surface area contributed by atoms with Gasteiger partial charge in [0, 0.05) is 17.3 Å². The van der Waals surface area contributed by atoms with Crippen LogP contribution < -0.4 is 16.4 Å². The number of nitrogens with zero attached hydrogens (tertiary/aromatic N) is 3. The molecular formula is C22H15F5N6O3. The van der Waals surface area contributed by atoms with Crippen LogP contribution in [0.1, 0.15) is 15.9 Å². The fraction of sp³-hybridized carbons (Fsp3) is 0.0909. The van der Waals surface area contributed by atoms with E-state index in [1.165, 1.54) is 16.8 Å². The van der Waals surface area contributed by atoms with E-state index in [0.29, 0.717) is 18.2 Å². The second-order valence-electron chi connectivity index (χ2n) is 7.40. The Labute approximate surface area is 198 Å². The minimum atomic E-state index is -4.77. The van der Waals surface area contributed by atoms with E-state index >= 15 is 0 Å². The number of carbonyl (C=O) groups excluding carboxylic acids is 2. The number of fused-ring (bicyclic) bond motifs is 1. The maximum Gasteiger partial charge on any atom is 0.416 e. The van der Waals surface area contributed by atoms with Gasteiger partial charge in [-0.2, -0.15) is 18.3 Å². The predicted octanol–water partition coefficient (Wildman–Crippen LogP) is 4.09. The molecule has 0 atom stereocenters. The van der Waals surface area contributed by atoms with Crippen LogP contribution in [0.25, 0.3) is 16.6 Å². The zero-order valence-electron chi connectivity index (χ0n) is 17.9. The molecule has 0 spiro atoms. The van der Waals surface area contributed by atoms with E-state index < -0.39 is 53.2 Å². The number of halogens is 5. The predicted molar refractivity (Wildman–Crippen MR) is 118 cm³/mol. The first kappa shape index (κ1) is 24.5. The lowest BCUT2D eigenvalue weighted by molar-refractivity contribution is -0.137. The number of hydrogen-bond acceptors (Lipinski definition) is 6. The van der Waals surface area contributed by atoms with Gasteiger partial charge in [0.2, 0.25) is 0 Å². The third kappa shape index (κ3) is 4.65. The number of hydrogen-bond donors (Lipinski definition) is 4. The summed E-state index contributed by atoms with van der Waals surface area (Å²) < 4.78 is 68.6. The molecule has 0 unspecified atom stereocenters. The summed E-state index contributed by atoms with van der Waals surface area (Å²) in [5.41, 5.74) is 3.98. The number of ketones is 1. The van der Waals surface area contributed by atoms with Crippen LogP contribution in [0.2, 0.25) is 0 Å². The van der Waals surface area contributed by atoms with Crippen LogP contribution in [0.4, 0.5) is 43.9 Å². The molecule has 0 aliphatic rings. The van der Waals surface area contributed by atoms with Crippen molar-refractivity contribution in [2.24, 2.45) is 0 Å². The normalized spacial score (nSPS) is 11.5. The van der Waals surface area contributed by atoms with Gasteiger partial charge in [0.15, 0.2) is 11.6 Å².